The van der Waals surface area contributed by atoms with Gasteiger partial charge in [-0.2, -0.15) is 0 Å². The van der Waals surface area contributed by atoms with E-state index in [0.717, 1.165) is 5.52 Å². The minimum Gasteiger partial charge on any atom is -0.480 e. The quantitative estimate of drug-likeness (QED) is 0.804. The summed E-state index contributed by atoms with van der Waals surface area (Å²) in [5, 5.41) is 8.96. The summed E-state index contributed by atoms with van der Waals surface area (Å²) in [6.07, 6.45) is 1.63. The number of carbonyl (C=O) groups is 1. The number of carboxylic acids is 1. The number of nitrogens with zero attached hydrogens (tertiary/aromatic N) is 3. The first kappa shape index (κ1) is 9.64. The molecule has 0 aliphatic heterocycles. The molecule has 0 aliphatic carbocycles. The minimum atomic E-state index is -0.886. The summed E-state index contributed by atoms with van der Waals surface area (Å²) in [7, 11) is 0. The van der Waals surface area contributed by atoms with Crippen LogP contribution >= 0.6 is 0 Å². The van der Waals surface area contributed by atoms with E-state index >= 15 is 0 Å². The van der Waals surface area contributed by atoms with Crippen LogP contribution < -0.4 is 0 Å². The van der Waals surface area contributed by atoms with Gasteiger partial charge < -0.3 is 5.11 Å². The molecule has 0 saturated heterocycles. The fourth-order valence-corrected chi connectivity index (χ4v) is 1.62. The molecule has 15 heavy (non-hydrogen) atoms. The van der Waals surface area contributed by atoms with Gasteiger partial charge in [-0.25, -0.2) is 14.8 Å². The van der Waals surface area contributed by atoms with Crippen molar-refractivity contribution in [2.24, 2.45) is 0 Å². The van der Waals surface area contributed by atoms with E-state index in [2.05, 4.69) is 9.97 Å². The predicted octanol–water partition coefficient (Wildman–Crippen LogP) is 1.39. The van der Waals surface area contributed by atoms with Gasteiger partial charge in [0.2, 0.25) is 0 Å². The monoisotopic (exact) mass is 205 g/mol. The van der Waals surface area contributed by atoms with Crippen molar-refractivity contribution < 1.29 is 9.90 Å². The second kappa shape index (κ2) is 3.34. The predicted molar refractivity (Wildman–Crippen MR) is 54.6 cm³/mol. The summed E-state index contributed by atoms with van der Waals surface area (Å²) in [5.41, 5.74) is 1.34. The highest BCUT2D eigenvalue weighted by Crippen LogP contribution is 2.18. The van der Waals surface area contributed by atoms with Gasteiger partial charge in [-0.05, 0) is 26.0 Å². The number of aromatic nitrogens is 3. The van der Waals surface area contributed by atoms with Crippen molar-refractivity contribution in [1.29, 1.82) is 0 Å². The number of aryl methyl sites for hydroxylation is 1. The van der Waals surface area contributed by atoms with Crippen LogP contribution in [0.4, 0.5) is 0 Å². The molecule has 2 aromatic rings. The van der Waals surface area contributed by atoms with Gasteiger partial charge in [0.15, 0.2) is 5.65 Å². The molecule has 2 heterocycles. The standard InChI is InChI=1S/C10H11N3O2/c1-6(10(14)15)13-7(2)12-8-4-3-5-11-9(8)13/h3-6H,1-2H3,(H,14,15). The van der Waals surface area contributed by atoms with Crippen LogP contribution in [0, 0.1) is 6.92 Å². The molecule has 1 unspecified atom stereocenters. The molecule has 0 spiro atoms. The Morgan fingerprint density at radius 2 is 2.33 bits per heavy atom. The first-order valence-corrected chi connectivity index (χ1v) is 4.63. The molecule has 0 fully saturated rings. The van der Waals surface area contributed by atoms with Crippen LogP contribution in [0.2, 0.25) is 0 Å². The number of hydrogen-bond donors (Lipinski definition) is 1. The maximum absolute atomic E-state index is 10.9. The molecule has 2 rings (SSSR count). The van der Waals surface area contributed by atoms with Crippen molar-refractivity contribution in [2.75, 3.05) is 0 Å². The lowest BCUT2D eigenvalue weighted by molar-refractivity contribution is -0.140. The Kier molecular flexibility index (Phi) is 2.15. The Labute approximate surface area is 86.4 Å². The zero-order valence-corrected chi connectivity index (χ0v) is 8.51. The summed E-state index contributed by atoms with van der Waals surface area (Å²) >= 11 is 0. The molecule has 2 aromatic heterocycles. The zero-order chi connectivity index (χ0) is 11.0. The normalized spacial score (nSPS) is 12.9. The van der Waals surface area contributed by atoms with Gasteiger partial charge in [0.1, 0.15) is 17.4 Å². The largest absolute Gasteiger partial charge is 0.480 e. The van der Waals surface area contributed by atoms with E-state index in [-0.39, 0.29) is 0 Å². The van der Waals surface area contributed by atoms with Gasteiger partial charge in [-0.1, -0.05) is 0 Å². The third kappa shape index (κ3) is 1.45. The molecular weight excluding hydrogens is 194 g/mol. The van der Waals surface area contributed by atoms with Crippen LogP contribution in [-0.2, 0) is 4.79 Å². The maximum atomic E-state index is 10.9. The topological polar surface area (TPSA) is 68.0 Å². The average Bonchev–Trinajstić information content (AvgIpc) is 2.52. The smallest absolute Gasteiger partial charge is 0.326 e. The Morgan fingerprint density at radius 1 is 1.60 bits per heavy atom. The average molecular weight is 205 g/mol. The summed E-state index contributed by atoms with van der Waals surface area (Å²) in [5.74, 6) is -0.221. The molecule has 0 aliphatic rings. The van der Waals surface area contributed by atoms with E-state index in [1.54, 1.807) is 30.7 Å². The van der Waals surface area contributed by atoms with Gasteiger partial charge in [-0.3, -0.25) is 4.57 Å². The molecule has 0 aromatic carbocycles. The van der Waals surface area contributed by atoms with Gasteiger partial charge in [-0.15, -0.1) is 0 Å². The van der Waals surface area contributed by atoms with E-state index in [4.69, 9.17) is 5.11 Å². The fourth-order valence-electron chi connectivity index (χ4n) is 1.62. The molecular formula is C10H11N3O2. The SMILES string of the molecule is Cc1nc2cccnc2n1C(C)C(=O)O. The molecule has 0 radical (unpaired) electrons. The lowest BCUT2D eigenvalue weighted by Crippen LogP contribution is -2.17. The molecule has 1 N–H and O–H groups in total. The third-order valence-electron chi connectivity index (χ3n) is 2.37. The van der Waals surface area contributed by atoms with Crippen molar-refractivity contribution in [2.45, 2.75) is 19.9 Å². The minimum absolute atomic E-state index is 0.616. The summed E-state index contributed by atoms with van der Waals surface area (Å²) < 4.78 is 1.62. The van der Waals surface area contributed by atoms with Crippen LogP contribution in [0.1, 0.15) is 18.8 Å². The van der Waals surface area contributed by atoms with Gasteiger partial charge in [0.25, 0.3) is 0 Å². The van der Waals surface area contributed by atoms with Crippen molar-refractivity contribution >= 4 is 17.1 Å². The zero-order valence-electron chi connectivity index (χ0n) is 8.51. The number of fused-ring (bicyclic) bond motifs is 1. The molecule has 5 heteroatoms. The van der Waals surface area contributed by atoms with Crippen LogP contribution in [0.25, 0.3) is 11.2 Å². The Morgan fingerprint density at radius 3 is 3.00 bits per heavy atom. The lowest BCUT2D eigenvalue weighted by Gasteiger charge is -2.10. The summed E-state index contributed by atoms with van der Waals surface area (Å²) in [6, 6.07) is 2.95. The van der Waals surface area contributed by atoms with E-state index in [1.807, 2.05) is 6.07 Å². The van der Waals surface area contributed by atoms with Crippen molar-refractivity contribution in [3.05, 3.63) is 24.2 Å². The number of imidazole rings is 1. The summed E-state index contributed by atoms with van der Waals surface area (Å²) in [6.45, 7) is 3.40. The van der Waals surface area contributed by atoms with Crippen molar-refractivity contribution in [3.8, 4) is 0 Å². The number of rotatable bonds is 2. The lowest BCUT2D eigenvalue weighted by atomic mass is 10.3. The van der Waals surface area contributed by atoms with Crippen LogP contribution in [-0.4, -0.2) is 25.6 Å². The Balaban J connectivity index is 2.68. The van der Waals surface area contributed by atoms with Crippen LogP contribution in [0.5, 0.6) is 0 Å². The molecule has 1 atom stereocenters. The molecule has 0 bridgehead atoms. The Bertz CT molecular complexity index is 518. The number of aliphatic carboxylic acids is 1. The summed E-state index contributed by atoms with van der Waals surface area (Å²) in [4.78, 5) is 19.3. The van der Waals surface area contributed by atoms with E-state index in [9.17, 15) is 4.79 Å². The first-order valence-electron chi connectivity index (χ1n) is 4.63. The van der Waals surface area contributed by atoms with E-state index in [1.165, 1.54) is 0 Å². The third-order valence-corrected chi connectivity index (χ3v) is 2.37. The van der Waals surface area contributed by atoms with Crippen LogP contribution in [0.15, 0.2) is 18.3 Å². The number of pyridine rings is 1. The maximum Gasteiger partial charge on any atom is 0.326 e. The molecule has 78 valence electrons. The van der Waals surface area contributed by atoms with Crippen molar-refractivity contribution in [3.63, 3.8) is 0 Å². The van der Waals surface area contributed by atoms with Crippen LogP contribution in [0.3, 0.4) is 0 Å². The molecule has 5 nitrogen and oxygen atoms in total. The first-order chi connectivity index (χ1) is 7.11. The molecule has 0 amide bonds. The molecule has 0 saturated carbocycles. The van der Waals surface area contributed by atoms with Gasteiger partial charge in [0, 0.05) is 6.20 Å². The highest BCUT2D eigenvalue weighted by atomic mass is 16.4. The number of hydrogen-bond acceptors (Lipinski definition) is 3. The number of carboxylic acid groups (broad SMARTS) is 1. The highest BCUT2D eigenvalue weighted by molar-refractivity contribution is 5.77. The second-order valence-electron chi connectivity index (χ2n) is 3.39. The van der Waals surface area contributed by atoms with Crippen molar-refractivity contribution in [1.82, 2.24) is 14.5 Å². The fraction of sp³-hybridized carbons (Fsp3) is 0.300. The highest BCUT2D eigenvalue weighted by Gasteiger charge is 2.19. The van der Waals surface area contributed by atoms with E-state index < -0.39 is 12.0 Å². The Hall–Kier alpha value is -1.91. The van der Waals surface area contributed by atoms with E-state index in [0.29, 0.717) is 11.5 Å². The van der Waals surface area contributed by atoms with Gasteiger partial charge >= 0.3 is 5.97 Å². The second-order valence-corrected chi connectivity index (χ2v) is 3.39. The van der Waals surface area contributed by atoms with Gasteiger partial charge in [0.05, 0.1) is 0 Å².